The van der Waals surface area contributed by atoms with Gasteiger partial charge in [0.05, 0.1) is 43.2 Å². The van der Waals surface area contributed by atoms with Crippen LogP contribution in [0.2, 0.25) is 0 Å². The summed E-state index contributed by atoms with van der Waals surface area (Å²) in [6, 6.07) is 11.4. The molecule has 0 unspecified atom stereocenters. The van der Waals surface area contributed by atoms with Crippen LogP contribution in [-0.2, 0) is 6.54 Å². The van der Waals surface area contributed by atoms with Crippen LogP contribution in [0.15, 0.2) is 42.6 Å². The molecule has 0 spiro atoms. The molecular formula is C24H24N4O5S. The van der Waals surface area contributed by atoms with E-state index in [-0.39, 0.29) is 6.79 Å². The number of benzene rings is 2. The highest BCUT2D eigenvalue weighted by molar-refractivity contribution is 7.19. The van der Waals surface area contributed by atoms with E-state index in [0.717, 1.165) is 44.1 Å². The fourth-order valence-corrected chi connectivity index (χ4v) is 4.67. The number of methoxy groups -OCH3 is 3. The SMILES string of the molecule is COc1cc(OC)c(CNc2nc(C)c(-c3ccn(-c4ccc5c(c4)OCO5)n3)s2)c(OC)c1. The monoisotopic (exact) mass is 480 g/mol. The number of aromatic nitrogens is 3. The Morgan fingerprint density at radius 1 is 1.00 bits per heavy atom. The predicted molar refractivity (Wildman–Crippen MR) is 129 cm³/mol. The van der Waals surface area contributed by atoms with Crippen molar-refractivity contribution in [2.75, 3.05) is 33.4 Å². The fraction of sp³-hybridized carbons (Fsp3) is 0.250. The van der Waals surface area contributed by atoms with E-state index in [1.807, 2.05) is 54.2 Å². The smallest absolute Gasteiger partial charge is 0.231 e. The van der Waals surface area contributed by atoms with Crippen molar-refractivity contribution >= 4 is 16.5 Å². The van der Waals surface area contributed by atoms with Crippen LogP contribution in [0.1, 0.15) is 11.3 Å². The van der Waals surface area contributed by atoms with Crippen molar-refractivity contribution in [3.63, 3.8) is 0 Å². The van der Waals surface area contributed by atoms with Gasteiger partial charge in [-0.15, -0.1) is 0 Å². The molecule has 0 amide bonds. The number of aryl methyl sites for hydroxylation is 1. The molecule has 4 aromatic rings. The molecule has 1 aliphatic heterocycles. The lowest BCUT2D eigenvalue weighted by Gasteiger charge is -2.15. The zero-order chi connectivity index (χ0) is 23.7. The lowest BCUT2D eigenvalue weighted by Crippen LogP contribution is -2.04. The summed E-state index contributed by atoms with van der Waals surface area (Å²) >= 11 is 1.55. The van der Waals surface area contributed by atoms with Gasteiger partial charge in [-0.05, 0) is 25.1 Å². The van der Waals surface area contributed by atoms with Crippen molar-refractivity contribution in [3.05, 3.63) is 53.9 Å². The van der Waals surface area contributed by atoms with E-state index in [2.05, 4.69) is 5.32 Å². The summed E-state index contributed by atoms with van der Waals surface area (Å²) in [5.41, 5.74) is 3.53. The molecule has 0 saturated heterocycles. The summed E-state index contributed by atoms with van der Waals surface area (Å²) in [4.78, 5) is 5.69. The van der Waals surface area contributed by atoms with Crippen molar-refractivity contribution in [3.8, 4) is 45.0 Å². The molecule has 10 heteroatoms. The van der Waals surface area contributed by atoms with Crippen LogP contribution >= 0.6 is 11.3 Å². The number of fused-ring (bicyclic) bond motifs is 1. The summed E-state index contributed by atoms with van der Waals surface area (Å²) in [5, 5.41) is 8.92. The zero-order valence-corrected chi connectivity index (χ0v) is 20.1. The van der Waals surface area contributed by atoms with E-state index in [1.165, 1.54) is 0 Å². The highest BCUT2D eigenvalue weighted by atomic mass is 32.1. The number of anilines is 1. The fourth-order valence-electron chi connectivity index (χ4n) is 3.74. The van der Waals surface area contributed by atoms with Gasteiger partial charge in [0, 0.05) is 30.9 Å². The van der Waals surface area contributed by atoms with Crippen molar-refractivity contribution in [1.29, 1.82) is 0 Å². The quantitative estimate of drug-likeness (QED) is 0.389. The third-order valence-corrected chi connectivity index (χ3v) is 6.61. The maximum absolute atomic E-state index is 5.54. The maximum atomic E-state index is 5.54. The average Bonchev–Trinajstić information content (AvgIpc) is 3.61. The second-order valence-electron chi connectivity index (χ2n) is 7.48. The number of thiazole rings is 1. The first-order valence-corrected chi connectivity index (χ1v) is 11.4. The average molecular weight is 481 g/mol. The van der Waals surface area contributed by atoms with Crippen LogP contribution in [0, 0.1) is 6.92 Å². The van der Waals surface area contributed by atoms with Crippen LogP contribution < -0.4 is 29.0 Å². The normalized spacial score (nSPS) is 12.0. The third-order valence-electron chi connectivity index (χ3n) is 5.47. The van der Waals surface area contributed by atoms with E-state index in [4.69, 9.17) is 33.8 Å². The lowest BCUT2D eigenvalue weighted by molar-refractivity contribution is 0.174. The minimum Gasteiger partial charge on any atom is -0.496 e. The molecule has 0 aliphatic carbocycles. The number of nitrogens with one attached hydrogen (secondary N) is 1. The molecule has 34 heavy (non-hydrogen) atoms. The topological polar surface area (TPSA) is 88.9 Å². The molecule has 1 aliphatic rings. The molecule has 2 aromatic carbocycles. The van der Waals surface area contributed by atoms with Crippen LogP contribution in [-0.4, -0.2) is 42.9 Å². The molecule has 2 aromatic heterocycles. The Hall–Kier alpha value is -3.92. The Balaban J connectivity index is 1.36. The van der Waals surface area contributed by atoms with Gasteiger partial charge in [-0.2, -0.15) is 5.10 Å². The second-order valence-corrected chi connectivity index (χ2v) is 8.48. The summed E-state index contributed by atoms with van der Waals surface area (Å²) in [6.07, 6.45) is 1.92. The minimum absolute atomic E-state index is 0.243. The number of ether oxygens (including phenoxy) is 5. The van der Waals surface area contributed by atoms with E-state index >= 15 is 0 Å². The van der Waals surface area contributed by atoms with Crippen LogP contribution in [0.4, 0.5) is 5.13 Å². The molecule has 9 nitrogen and oxygen atoms in total. The van der Waals surface area contributed by atoms with E-state index < -0.39 is 0 Å². The summed E-state index contributed by atoms with van der Waals surface area (Å²) < 4.78 is 29.1. The first-order chi connectivity index (χ1) is 16.6. The van der Waals surface area contributed by atoms with Crippen molar-refractivity contribution in [2.24, 2.45) is 0 Å². The second kappa shape index (κ2) is 9.14. The van der Waals surface area contributed by atoms with Gasteiger partial charge >= 0.3 is 0 Å². The molecule has 0 saturated carbocycles. The number of hydrogen-bond acceptors (Lipinski definition) is 9. The Morgan fingerprint density at radius 2 is 1.76 bits per heavy atom. The Bertz CT molecular complexity index is 1310. The number of hydrogen-bond donors (Lipinski definition) is 1. The van der Waals surface area contributed by atoms with E-state index in [9.17, 15) is 0 Å². The Kier molecular flexibility index (Phi) is 5.89. The van der Waals surface area contributed by atoms with Crippen LogP contribution in [0.25, 0.3) is 16.3 Å². The molecule has 0 atom stereocenters. The maximum Gasteiger partial charge on any atom is 0.231 e. The zero-order valence-electron chi connectivity index (χ0n) is 19.2. The van der Waals surface area contributed by atoms with Crippen molar-refractivity contribution in [2.45, 2.75) is 13.5 Å². The number of nitrogens with zero attached hydrogens (tertiary/aromatic N) is 3. The van der Waals surface area contributed by atoms with Crippen LogP contribution in [0.5, 0.6) is 28.7 Å². The first kappa shape index (κ1) is 21.9. The lowest BCUT2D eigenvalue weighted by atomic mass is 10.1. The minimum atomic E-state index is 0.243. The number of rotatable bonds is 8. The Labute approximate surface area is 200 Å². The highest BCUT2D eigenvalue weighted by Crippen LogP contribution is 2.37. The summed E-state index contributed by atoms with van der Waals surface area (Å²) in [5.74, 6) is 3.50. The van der Waals surface area contributed by atoms with Gasteiger partial charge in [0.2, 0.25) is 6.79 Å². The molecule has 0 fully saturated rings. The molecule has 3 heterocycles. The van der Waals surface area contributed by atoms with Crippen molar-refractivity contribution in [1.82, 2.24) is 14.8 Å². The third kappa shape index (κ3) is 4.08. The molecular weight excluding hydrogens is 456 g/mol. The highest BCUT2D eigenvalue weighted by Gasteiger charge is 2.18. The summed E-state index contributed by atoms with van der Waals surface area (Å²) in [7, 11) is 4.86. The van der Waals surface area contributed by atoms with Gasteiger partial charge in [-0.1, -0.05) is 11.3 Å². The van der Waals surface area contributed by atoms with Gasteiger partial charge in [-0.25, -0.2) is 9.67 Å². The largest absolute Gasteiger partial charge is 0.496 e. The van der Waals surface area contributed by atoms with Gasteiger partial charge in [0.15, 0.2) is 16.6 Å². The van der Waals surface area contributed by atoms with E-state index in [1.54, 1.807) is 32.7 Å². The standard InChI is InChI=1S/C24H24N4O5S/c1-14-23(18-7-8-28(27-18)15-5-6-19-22(9-15)33-13-32-19)34-24(26-14)25-12-17-20(30-3)10-16(29-2)11-21(17)31-4/h5-11H,12-13H2,1-4H3,(H,25,26). The van der Waals surface area contributed by atoms with Gasteiger partial charge < -0.3 is 29.0 Å². The van der Waals surface area contributed by atoms with Crippen LogP contribution in [0.3, 0.4) is 0 Å². The van der Waals surface area contributed by atoms with Crippen molar-refractivity contribution < 1.29 is 23.7 Å². The molecule has 176 valence electrons. The van der Waals surface area contributed by atoms with Gasteiger partial charge in [-0.3, -0.25) is 0 Å². The van der Waals surface area contributed by atoms with E-state index in [0.29, 0.717) is 23.8 Å². The molecule has 0 radical (unpaired) electrons. The van der Waals surface area contributed by atoms with Gasteiger partial charge in [0.25, 0.3) is 0 Å². The van der Waals surface area contributed by atoms with Gasteiger partial charge in [0.1, 0.15) is 22.9 Å². The first-order valence-electron chi connectivity index (χ1n) is 10.6. The molecule has 0 bridgehead atoms. The molecule has 1 N–H and O–H groups in total. The molecule has 5 rings (SSSR count). The predicted octanol–water partition coefficient (Wildman–Crippen LogP) is 4.67. The Morgan fingerprint density at radius 3 is 2.50 bits per heavy atom. The summed E-state index contributed by atoms with van der Waals surface area (Å²) in [6.45, 7) is 2.70.